The van der Waals surface area contributed by atoms with Crippen molar-refractivity contribution in [3.05, 3.63) is 42.0 Å². The lowest BCUT2D eigenvalue weighted by Crippen LogP contribution is -2.38. The van der Waals surface area contributed by atoms with Crippen molar-refractivity contribution in [2.45, 2.75) is 18.8 Å². The van der Waals surface area contributed by atoms with E-state index in [0.717, 1.165) is 24.4 Å². The van der Waals surface area contributed by atoms with Gasteiger partial charge in [0.1, 0.15) is 11.5 Å². The fraction of sp³-hybridized carbons (Fsp3) is 0.526. The highest BCUT2D eigenvalue weighted by atomic mass is 16.5. The predicted octanol–water partition coefficient (Wildman–Crippen LogP) is 2.11. The van der Waals surface area contributed by atoms with E-state index in [1.165, 1.54) is 0 Å². The number of pyridine rings is 1. The first-order chi connectivity index (χ1) is 12.7. The molecule has 0 spiro atoms. The quantitative estimate of drug-likeness (QED) is 0.817. The molecule has 3 fully saturated rings. The summed E-state index contributed by atoms with van der Waals surface area (Å²) >= 11 is 0. The molecule has 2 aliphatic heterocycles. The minimum atomic E-state index is -0.172. The van der Waals surface area contributed by atoms with Gasteiger partial charge in [0.05, 0.1) is 31.4 Å². The molecule has 0 aromatic carbocycles. The average Bonchev–Trinajstić information content (AvgIpc) is 3.12. The third-order valence-electron chi connectivity index (χ3n) is 5.70. The van der Waals surface area contributed by atoms with E-state index >= 15 is 0 Å². The van der Waals surface area contributed by atoms with Crippen LogP contribution in [0.3, 0.4) is 0 Å². The van der Waals surface area contributed by atoms with Gasteiger partial charge in [-0.2, -0.15) is 0 Å². The molecule has 136 valence electrons. The van der Waals surface area contributed by atoms with E-state index < -0.39 is 0 Å². The minimum Gasteiger partial charge on any atom is -0.491 e. The fourth-order valence-corrected chi connectivity index (χ4v) is 3.96. The third kappa shape index (κ3) is 2.76. The molecule has 2 atom stereocenters. The van der Waals surface area contributed by atoms with Gasteiger partial charge < -0.3 is 18.9 Å². The molecule has 2 aromatic heterocycles. The van der Waals surface area contributed by atoms with Crippen LogP contribution in [0, 0.1) is 11.3 Å². The summed E-state index contributed by atoms with van der Waals surface area (Å²) in [4.78, 5) is 18.8. The molecular formula is C19H21N3O4. The smallest absolute Gasteiger partial charge is 0.276 e. The molecule has 1 saturated carbocycles. The normalized spacial score (nSPS) is 27.5. The number of rotatable bonds is 5. The van der Waals surface area contributed by atoms with Crippen LogP contribution in [-0.2, 0) is 4.74 Å². The molecule has 0 N–H and O–H groups in total. The Morgan fingerprint density at radius 2 is 2.35 bits per heavy atom. The van der Waals surface area contributed by atoms with Crippen LogP contribution in [0.5, 0.6) is 5.75 Å². The highest BCUT2D eigenvalue weighted by Crippen LogP contribution is 2.43. The number of hydrogen-bond donors (Lipinski definition) is 0. The molecule has 26 heavy (non-hydrogen) atoms. The number of amides is 1. The Kier molecular flexibility index (Phi) is 3.70. The second-order valence-corrected chi connectivity index (χ2v) is 7.63. The van der Waals surface area contributed by atoms with Gasteiger partial charge >= 0.3 is 0 Å². The number of carbonyl (C=O) groups excluding carboxylic acids is 1. The Balaban J connectivity index is 1.29. The van der Waals surface area contributed by atoms with E-state index in [2.05, 4.69) is 10.1 Å². The number of aromatic nitrogens is 2. The third-order valence-corrected chi connectivity index (χ3v) is 5.70. The average molecular weight is 355 g/mol. The summed E-state index contributed by atoms with van der Waals surface area (Å²) in [5.41, 5.74) is 0.241. The largest absolute Gasteiger partial charge is 0.491 e. The van der Waals surface area contributed by atoms with Gasteiger partial charge in [0.15, 0.2) is 5.69 Å². The van der Waals surface area contributed by atoms with Gasteiger partial charge in [-0.15, -0.1) is 0 Å². The Morgan fingerprint density at radius 1 is 1.42 bits per heavy atom. The first-order valence-corrected chi connectivity index (χ1v) is 9.10. The maximum Gasteiger partial charge on any atom is 0.276 e. The molecule has 1 amide bonds. The number of nitrogens with zero attached hydrogens (tertiary/aromatic N) is 3. The maximum atomic E-state index is 12.9. The van der Waals surface area contributed by atoms with Gasteiger partial charge in [-0.25, -0.2) is 0 Å². The molecular weight excluding hydrogens is 334 g/mol. The molecule has 0 unspecified atom stereocenters. The molecule has 1 aliphatic carbocycles. The summed E-state index contributed by atoms with van der Waals surface area (Å²) in [6.07, 6.45) is 5.67. The van der Waals surface area contributed by atoms with Crippen molar-refractivity contribution < 1.29 is 18.8 Å². The zero-order chi connectivity index (χ0) is 17.6. The van der Waals surface area contributed by atoms with Crippen molar-refractivity contribution >= 4 is 5.91 Å². The molecule has 3 aliphatic rings. The van der Waals surface area contributed by atoms with Crippen molar-refractivity contribution in [2.24, 2.45) is 11.3 Å². The SMILES string of the molecule is O=C(c1cc(C2CC2)on1)N1C[C@@H]2COC[C@]2(COc2cccnc2)C1. The lowest BCUT2D eigenvalue weighted by Gasteiger charge is -2.26. The van der Waals surface area contributed by atoms with E-state index in [4.69, 9.17) is 14.0 Å². The molecule has 4 heterocycles. The first kappa shape index (κ1) is 15.8. The highest BCUT2D eigenvalue weighted by Gasteiger charge is 2.53. The standard InChI is InChI=1S/C19H21N3O4/c23-18(16-6-17(26-21-16)13-3-4-13)22-8-14-9-24-11-19(14,10-22)12-25-15-2-1-5-20-7-15/h1-2,5-7,13-14H,3-4,8-12H2/t14-,19+/m1/s1. The van der Waals surface area contributed by atoms with Crippen LogP contribution >= 0.6 is 0 Å². The Labute approximate surface area is 151 Å². The van der Waals surface area contributed by atoms with Gasteiger partial charge in [0, 0.05) is 37.2 Å². The molecule has 0 radical (unpaired) electrons. The monoisotopic (exact) mass is 355 g/mol. The van der Waals surface area contributed by atoms with E-state index in [0.29, 0.717) is 44.5 Å². The number of likely N-dealkylation sites (tertiary alicyclic amines) is 1. The summed E-state index contributed by atoms with van der Waals surface area (Å²) in [6, 6.07) is 5.55. The zero-order valence-corrected chi connectivity index (χ0v) is 14.5. The van der Waals surface area contributed by atoms with Crippen LogP contribution in [0.4, 0.5) is 0 Å². The summed E-state index contributed by atoms with van der Waals surface area (Å²) in [7, 11) is 0. The molecule has 7 nitrogen and oxygen atoms in total. The molecule has 2 aromatic rings. The van der Waals surface area contributed by atoms with Crippen molar-refractivity contribution in [1.82, 2.24) is 15.0 Å². The van der Waals surface area contributed by atoms with Crippen LogP contribution in [0.2, 0.25) is 0 Å². The van der Waals surface area contributed by atoms with Crippen LogP contribution in [0.1, 0.15) is 35.0 Å². The van der Waals surface area contributed by atoms with Crippen LogP contribution < -0.4 is 4.74 Å². The van der Waals surface area contributed by atoms with Gasteiger partial charge in [0.2, 0.25) is 0 Å². The predicted molar refractivity (Wildman–Crippen MR) is 90.9 cm³/mol. The number of carbonyl (C=O) groups is 1. The van der Waals surface area contributed by atoms with E-state index in [1.807, 2.05) is 23.1 Å². The molecule has 5 rings (SSSR count). The Hall–Kier alpha value is -2.41. The number of hydrogen-bond acceptors (Lipinski definition) is 6. The van der Waals surface area contributed by atoms with Crippen LogP contribution in [0.15, 0.2) is 35.1 Å². The fourth-order valence-electron chi connectivity index (χ4n) is 3.96. The van der Waals surface area contributed by atoms with Gasteiger partial charge in [-0.05, 0) is 25.0 Å². The lowest BCUT2D eigenvalue weighted by molar-refractivity contribution is 0.0651. The minimum absolute atomic E-state index is 0.0594. The van der Waals surface area contributed by atoms with E-state index in [1.54, 1.807) is 12.4 Å². The highest BCUT2D eigenvalue weighted by molar-refractivity contribution is 5.92. The van der Waals surface area contributed by atoms with Crippen LogP contribution in [-0.4, -0.2) is 53.9 Å². The first-order valence-electron chi connectivity index (χ1n) is 9.10. The van der Waals surface area contributed by atoms with E-state index in [9.17, 15) is 4.79 Å². The Bertz CT molecular complexity index is 804. The van der Waals surface area contributed by atoms with Crippen molar-refractivity contribution in [2.75, 3.05) is 32.9 Å². The second kappa shape index (κ2) is 6.09. The molecule has 2 saturated heterocycles. The zero-order valence-electron chi connectivity index (χ0n) is 14.5. The topological polar surface area (TPSA) is 77.7 Å². The molecule has 7 heteroatoms. The maximum absolute atomic E-state index is 12.9. The summed E-state index contributed by atoms with van der Waals surface area (Å²) < 4.78 is 17.0. The summed E-state index contributed by atoms with van der Waals surface area (Å²) in [6.45, 7) is 3.06. The van der Waals surface area contributed by atoms with Gasteiger partial charge in [-0.3, -0.25) is 9.78 Å². The van der Waals surface area contributed by atoms with Gasteiger partial charge in [0.25, 0.3) is 5.91 Å². The summed E-state index contributed by atoms with van der Waals surface area (Å²) in [5.74, 6) is 2.25. The summed E-state index contributed by atoms with van der Waals surface area (Å²) in [5, 5.41) is 4.00. The lowest BCUT2D eigenvalue weighted by atomic mass is 9.82. The number of ether oxygens (including phenoxy) is 2. The molecule has 0 bridgehead atoms. The van der Waals surface area contributed by atoms with Gasteiger partial charge in [-0.1, -0.05) is 5.16 Å². The van der Waals surface area contributed by atoms with Crippen molar-refractivity contribution in [1.29, 1.82) is 0 Å². The van der Waals surface area contributed by atoms with Crippen LogP contribution in [0.25, 0.3) is 0 Å². The number of fused-ring (bicyclic) bond motifs is 1. The second-order valence-electron chi connectivity index (χ2n) is 7.63. The Morgan fingerprint density at radius 3 is 3.15 bits per heavy atom. The van der Waals surface area contributed by atoms with E-state index in [-0.39, 0.29) is 17.2 Å². The van der Waals surface area contributed by atoms with Crippen molar-refractivity contribution in [3.8, 4) is 5.75 Å². The van der Waals surface area contributed by atoms with Crippen molar-refractivity contribution in [3.63, 3.8) is 0 Å².